The Morgan fingerprint density at radius 2 is 1.90 bits per heavy atom. The van der Waals surface area contributed by atoms with Crippen molar-refractivity contribution in [1.29, 1.82) is 0 Å². The zero-order valence-corrected chi connectivity index (χ0v) is 12.0. The Kier molecular flexibility index (Phi) is 3.38. The molecule has 1 amide bonds. The lowest BCUT2D eigenvalue weighted by atomic mass is 10.1. The molecule has 0 saturated heterocycles. The summed E-state index contributed by atoms with van der Waals surface area (Å²) in [5, 5.41) is 0. The smallest absolute Gasteiger partial charge is 0.326 e. The van der Waals surface area contributed by atoms with Crippen LogP contribution in [0.25, 0.3) is 0 Å². The second-order valence-electron chi connectivity index (χ2n) is 5.78. The van der Waals surface area contributed by atoms with Crippen molar-refractivity contribution in [3.8, 4) is 0 Å². The van der Waals surface area contributed by atoms with Crippen LogP contribution in [0.5, 0.6) is 0 Å². The number of carbonyl (C=O) groups excluding carboxylic acids is 3. The molecule has 0 aliphatic carbocycles. The number of carbonyl (C=O) groups is 3. The minimum absolute atomic E-state index is 0.250. The number of aryl methyl sites for hydroxylation is 1. The van der Waals surface area contributed by atoms with E-state index in [2.05, 4.69) is 0 Å². The topological polar surface area (TPSA) is 63.7 Å². The van der Waals surface area contributed by atoms with Gasteiger partial charge < -0.3 is 4.74 Å². The maximum Gasteiger partial charge on any atom is 0.326 e. The van der Waals surface area contributed by atoms with E-state index in [9.17, 15) is 14.4 Å². The third-order valence-electron chi connectivity index (χ3n) is 2.90. The van der Waals surface area contributed by atoms with Crippen molar-refractivity contribution in [1.82, 2.24) is 0 Å². The van der Waals surface area contributed by atoms with Crippen molar-refractivity contribution in [2.24, 2.45) is 0 Å². The van der Waals surface area contributed by atoms with Gasteiger partial charge in [-0.1, -0.05) is 12.1 Å². The Morgan fingerprint density at radius 1 is 1.25 bits per heavy atom. The largest absolute Gasteiger partial charge is 0.459 e. The molecule has 0 bridgehead atoms. The van der Waals surface area contributed by atoms with Crippen molar-refractivity contribution < 1.29 is 19.1 Å². The number of nitrogens with zero attached hydrogens (tertiary/aromatic N) is 1. The minimum atomic E-state index is -0.680. The van der Waals surface area contributed by atoms with Gasteiger partial charge in [-0.2, -0.15) is 0 Å². The fourth-order valence-electron chi connectivity index (χ4n) is 2.19. The highest BCUT2D eigenvalue weighted by atomic mass is 16.6. The second kappa shape index (κ2) is 4.74. The molecule has 0 unspecified atom stereocenters. The van der Waals surface area contributed by atoms with Crippen molar-refractivity contribution in [3.63, 3.8) is 0 Å². The molecule has 5 nitrogen and oxygen atoms in total. The summed E-state index contributed by atoms with van der Waals surface area (Å²) in [7, 11) is 0. The third kappa shape index (κ3) is 2.57. The number of ketones is 1. The van der Waals surface area contributed by atoms with Crippen LogP contribution in [0.1, 0.15) is 36.7 Å². The highest BCUT2D eigenvalue weighted by molar-refractivity contribution is 6.52. The van der Waals surface area contributed by atoms with Crippen LogP contribution in [-0.2, 0) is 14.3 Å². The minimum Gasteiger partial charge on any atom is -0.459 e. The molecule has 5 heteroatoms. The highest BCUT2D eigenvalue weighted by Crippen LogP contribution is 2.32. The first-order chi connectivity index (χ1) is 9.20. The zero-order valence-electron chi connectivity index (χ0n) is 12.0. The average Bonchev–Trinajstić information content (AvgIpc) is 2.53. The number of benzene rings is 1. The Labute approximate surface area is 117 Å². The molecule has 1 heterocycles. The van der Waals surface area contributed by atoms with Crippen LogP contribution in [-0.4, -0.2) is 29.8 Å². The van der Waals surface area contributed by atoms with E-state index in [4.69, 9.17) is 4.74 Å². The molecule has 0 aromatic heterocycles. The normalized spacial score (nSPS) is 14.5. The number of hydrogen-bond donors (Lipinski definition) is 0. The number of amides is 1. The van der Waals surface area contributed by atoms with E-state index in [1.807, 2.05) is 0 Å². The summed E-state index contributed by atoms with van der Waals surface area (Å²) in [6.45, 7) is 6.80. The molecule has 0 saturated carbocycles. The Hall–Kier alpha value is -2.17. The lowest BCUT2D eigenvalue weighted by Gasteiger charge is -2.23. The van der Waals surface area contributed by atoms with E-state index in [0.29, 0.717) is 11.3 Å². The molecule has 106 valence electrons. The lowest BCUT2D eigenvalue weighted by Crippen LogP contribution is -2.38. The van der Waals surface area contributed by atoms with Crippen LogP contribution in [0.2, 0.25) is 0 Å². The zero-order chi connectivity index (χ0) is 15.1. The van der Waals surface area contributed by atoms with Gasteiger partial charge in [0.2, 0.25) is 0 Å². The maximum atomic E-state index is 12.0. The fraction of sp³-hybridized carbons (Fsp3) is 0.400. The average molecular weight is 275 g/mol. The van der Waals surface area contributed by atoms with E-state index in [-0.39, 0.29) is 6.54 Å². The number of para-hydroxylation sites is 1. The standard InChI is InChI=1S/C15H17NO4/c1-9-6-5-7-10-12(9)16(14(19)13(10)18)8-11(17)20-15(2,3)4/h5-7H,8H2,1-4H3. The molecule has 1 aliphatic heterocycles. The van der Waals surface area contributed by atoms with Crippen molar-refractivity contribution in [2.75, 3.05) is 11.4 Å². The number of rotatable bonds is 2. The van der Waals surface area contributed by atoms with Crippen LogP contribution in [0, 0.1) is 6.92 Å². The third-order valence-corrected chi connectivity index (χ3v) is 2.90. The molecule has 0 N–H and O–H groups in total. The summed E-state index contributed by atoms with van der Waals surface area (Å²) in [5.41, 5.74) is 1.01. The monoisotopic (exact) mass is 275 g/mol. The number of anilines is 1. The number of esters is 1. The van der Waals surface area contributed by atoms with E-state index >= 15 is 0 Å². The first-order valence-corrected chi connectivity index (χ1v) is 6.38. The number of fused-ring (bicyclic) bond motifs is 1. The molecular weight excluding hydrogens is 258 g/mol. The molecule has 1 aromatic rings. The van der Waals surface area contributed by atoms with Crippen LogP contribution in [0.3, 0.4) is 0 Å². The summed E-state index contributed by atoms with van der Waals surface area (Å²) in [5.74, 6) is -1.79. The van der Waals surface area contributed by atoms with E-state index < -0.39 is 23.3 Å². The Balaban J connectivity index is 2.29. The number of Topliss-reactive ketones (excluding diaryl/α,β-unsaturated/α-hetero) is 1. The van der Waals surface area contributed by atoms with Gasteiger partial charge in [0.1, 0.15) is 12.1 Å². The predicted molar refractivity (Wildman–Crippen MR) is 73.7 cm³/mol. The van der Waals surface area contributed by atoms with E-state index in [0.717, 1.165) is 5.56 Å². The van der Waals surface area contributed by atoms with Gasteiger partial charge in [0.25, 0.3) is 11.7 Å². The van der Waals surface area contributed by atoms with Crippen molar-refractivity contribution >= 4 is 23.3 Å². The molecule has 20 heavy (non-hydrogen) atoms. The summed E-state index contributed by atoms with van der Waals surface area (Å²) >= 11 is 0. The van der Waals surface area contributed by atoms with Crippen LogP contribution in [0.4, 0.5) is 5.69 Å². The molecule has 0 spiro atoms. The molecule has 2 rings (SSSR count). The first-order valence-electron chi connectivity index (χ1n) is 6.38. The summed E-state index contributed by atoms with van der Waals surface area (Å²) in [4.78, 5) is 36.9. The summed E-state index contributed by atoms with van der Waals surface area (Å²) in [6.07, 6.45) is 0. The predicted octanol–water partition coefficient (Wildman–Crippen LogP) is 1.87. The SMILES string of the molecule is Cc1cccc2c1N(CC(=O)OC(C)(C)C)C(=O)C2=O. The van der Waals surface area contributed by atoms with E-state index in [1.165, 1.54) is 4.90 Å². The van der Waals surface area contributed by atoms with Gasteiger partial charge in [0, 0.05) is 0 Å². The maximum absolute atomic E-state index is 12.0. The quantitative estimate of drug-likeness (QED) is 0.610. The van der Waals surface area contributed by atoms with Crippen LogP contribution < -0.4 is 4.90 Å². The summed E-state index contributed by atoms with van der Waals surface area (Å²) in [6, 6.07) is 5.11. The first kappa shape index (κ1) is 14.2. The fourth-order valence-corrected chi connectivity index (χ4v) is 2.19. The molecule has 0 radical (unpaired) electrons. The van der Waals surface area contributed by atoms with Gasteiger partial charge in [-0.3, -0.25) is 19.3 Å². The van der Waals surface area contributed by atoms with Crippen LogP contribution >= 0.6 is 0 Å². The van der Waals surface area contributed by atoms with Crippen molar-refractivity contribution in [2.45, 2.75) is 33.3 Å². The van der Waals surface area contributed by atoms with Crippen molar-refractivity contribution in [3.05, 3.63) is 29.3 Å². The molecule has 1 aromatic carbocycles. The van der Waals surface area contributed by atoms with Gasteiger partial charge in [0.15, 0.2) is 0 Å². The summed E-state index contributed by atoms with van der Waals surface area (Å²) < 4.78 is 5.19. The number of ether oxygens (including phenoxy) is 1. The molecule has 1 aliphatic rings. The molecular formula is C15H17NO4. The number of hydrogen-bond acceptors (Lipinski definition) is 4. The van der Waals surface area contributed by atoms with Crippen LogP contribution in [0.15, 0.2) is 18.2 Å². The Bertz CT molecular complexity index is 598. The Morgan fingerprint density at radius 3 is 2.50 bits per heavy atom. The lowest BCUT2D eigenvalue weighted by molar-refractivity contribution is -0.153. The van der Waals surface area contributed by atoms with Gasteiger partial charge in [-0.05, 0) is 39.3 Å². The van der Waals surface area contributed by atoms with E-state index in [1.54, 1.807) is 45.9 Å². The van der Waals surface area contributed by atoms with Gasteiger partial charge in [-0.15, -0.1) is 0 Å². The second-order valence-corrected chi connectivity index (χ2v) is 5.78. The van der Waals surface area contributed by atoms with Gasteiger partial charge in [0.05, 0.1) is 11.3 Å². The van der Waals surface area contributed by atoms with Gasteiger partial charge >= 0.3 is 5.97 Å². The van der Waals surface area contributed by atoms with Gasteiger partial charge in [-0.25, -0.2) is 0 Å². The molecule has 0 fully saturated rings. The molecule has 0 atom stereocenters. The highest BCUT2D eigenvalue weighted by Gasteiger charge is 2.38.